The van der Waals surface area contributed by atoms with Crippen molar-refractivity contribution in [2.24, 2.45) is 5.73 Å². The molecule has 3 N–H and O–H groups in total. The standard InChI is InChI=1S/C14H11N5O/c15-13(20)12-8-11(18-19-12)9-2-4-10(5-3-9)14-16-6-1-7-17-14/h1-8H,(H2,15,20)(H,18,19). The minimum absolute atomic E-state index is 0.287. The van der Waals surface area contributed by atoms with Crippen LogP contribution in [0, 0.1) is 0 Å². The third kappa shape index (κ3) is 2.26. The van der Waals surface area contributed by atoms with E-state index in [2.05, 4.69) is 20.2 Å². The molecule has 0 saturated carbocycles. The van der Waals surface area contributed by atoms with Crippen LogP contribution in [0.1, 0.15) is 10.5 Å². The first-order chi connectivity index (χ1) is 9.74. The Morgan fingerprint density at radius 3 is 2.30 bits per heavy atom. The maximum Gasteiger partial charge on any atom is 0.266 e. The molecule has 1 amide bonds. The SMILES string of the molecule is NC(=O)c1cc(-c2ccc(-c3ncccn3)cc2)n[nH]1. The summed E-state index contributed by atoms with van der Waals surface area (Å²) in [6.07, 6.45) is 3.40. The van der Waals surface area contributed by atoms with Crippen LogP contribution in [0.3, 0.4) is 0 Å². The summed E-state index contributed by atoms with van der Waals surface area (Å²) in [5, 5.41) is 6.65. The number of primary amides is 1. The fourth-order valence-corrected chi connectivity index (χ4v) is 1.83. The largest absolute Gasteiger partial charge is 0.364 e. The monoisotopic (exact) mass is 265 g/mol. The van der Waals surface area contributed by atoms with Gasteiger partial charge in [-0.25, -0.2) is 9.97 Å². The van der Waals surface area contributed by atoms with Crippen molar-refractivity contribution in [2.75, 3.05) is 0 Å². The number of carbonyl (C=O) groups is 1. The summed E-state index contributed by atoms with van der Waals surface area (Å²) in [6, 6.07) is 11.0. The van der Waals surface area contributed by atoms with Crippen molar-refractivity contribution in [2.45, 2.75) is 0 Å². The molecule has 2 heterocycles. The Morgan fingerprint density at radius 2 is 1.70 bits per heavy atom. The quantitative estimate of drug-likeness (QED) is 0.752. The maximum atomic E-state index is 11.0. The summed E-state index contributed by atoms with van der Waals surface area (Å²) in [5.41, 5.74) is 7.93. The average molecular weight is 265 g/mol. The Hall–Kier alpha value is -3.02. The molecule has 0 radical (unpaired) electrons. The summed E-state index contributed by atoms with van der Waals surface area (Å²) in [4.78, 5) is 19.4. The van der Waals surface area contributed by atoms with Crippen molar-refractivity contribution in [1.82, 2.24) is 20.2 Å². The number of nitrogens with two attached hydrogens (primary N) is 1. The molecule has 20 heavy (non-hydrogen) atoms. The zero-order valence-corrected chi connectivity index (χ0v) is 10.4. The van der Waals surface area contributed by atoms with Crippen LogP contribution in [-0.4, -0.2) is 26.1 Å². The fraction of sp³-hybridized carbons (Fsp3) is 0. The van der Waals surface area contributed by atoms with Crippen molar-refractivity contribution in [3.8, 4) is 22.6 Å². The third-order valence-electron chi connectivity index (χ3n) is 2.85. The number of benzene rings is 1. The smallest absolute Gasteiger partial charge is 0.266 e. The third-order valence-corrected chi connectivity index (χ3v) is 2.85. The van der Waals surface area contributed by atoms with Gasteiger partial charge in [-0.15, -0.1) is 0 Å². The van der Waals surface area contributed by atoms with Crippen LogP contribution in [0.5, 0.6) is 0 Å². The first-order valence-electron chi connectivity index (χ1n) is 5.97. The highest BCUT2D eigenvalue weighted by molar-refractivity contribution is 5.91. The van der Waals surface area contributed by atoms with Crippen LogP contribution in [0.15, 0.2) is 48.8 Å². The number of carbonyl (C=O) groups excluding carboxylic acids is 1. The average Bonchev–Trinajstić information content (AvgIpc) is 2.98. The number of rotatable bonds is 3. The fourth-order valence-electron chi connectivity index (χ4n) is 1.83. The lowest BCUT2D eigenvalue weighted by Gasteiger charge is -2.00. The maximum absolute atomic E-state index is 11.0. The number of aromatic nitrogens is 4. The van der Waals surface area contributed by atoms with Gasteiger partial charge in [0.1, 0.15) is 5.69 Å². The van der Waals surface area contributed by atoms with E-state index in [-0.39, 0.29) is 5.69 Å². The van der Waals surface area contributed by atoms with E-state index in [4.69, 9.17) is 5.73 Å². The van der Waals surface area contributed by atoms with E-state index < -0.39 is 5.91 Å². The summed E-state index contributed by atoms with van der Waals surface area (Å²) >= 11 is 0. The molecule has 6 nitrogen and oxygen atoms in total. The van der Waals surface area contributed by atoms with Gasteiger partial charge < -0.3 is 5.73 Å². The molecule has 0 unspecified atom stereocenters. The lowest BCUT2D eigenvalue weighted by Crippen LogP contribution is -2.10. The number of hydrogen-bond acceptors (Lipinski definition) is 4. The molecule has 0 saturated heterocycles. The van der Waals surface area contributed by atoms with Gasteiger partial charge in [-0.1, -0.05) is 24.3 Å². The van der Waals surface area contributed by atoms with Crippen molar-refractivity contribution < 1.29 is 4.79 Å². The molecule has 0 spiro atoms. The number of amides is 1. The Labute approximate surface area is 114 Å². The lowest BCUT2D eigenvalue weighted by molar-refractivity contribution is 0.0995. The van der Waals surface area contributed by atoms with Crippen molar-refractivity contribution in [1.29, 1.82) is 0 Å². The van der Waals surface area contributed by atoms with Crippen LogP contribution in [-0.2, 0) is 0 Å². The topological polar surface area (TPSA) is 97.6 Å². The van der Waals surface area contributed by atoms with E-state index in [1.54, 1.807) is 24.5 Å². The molecule has 6 heteroatoms. The van der Waals surface area contributed by atoms with Crippen LogP contribution in [0.4, 0.5) is 0 Å². The molecule has 3 rings (SSSR count). The first kappa shape index (κ1) is 12.0. The van der Waals surface area contributed by atoms with Crippen LogP contribution >= 0.6 is 0 Å². The van der Waals surface area contributed by atoms with Gasteiger partial charge in [-0.2, -0.15) is 5.10 Å². The van der Waals surface area contributed by atoms with Gasteiger partial charge in [-0.05, 0) is 12.1 Å². The number of nitrogens with one attached hydrogen (secondary N) is 1. The van der Waals surface area contributed by atoms with Gasteiger partial charge in [0.2, 0.25) is 0 Å². The van der Waals surface area contributed by atoms with Crippen LogP contribution in [0.25, 0.3) is 22.6 Å². The van der Waals surface area contributed by atoms with Gasteiger partial charge in [0.05, 0.1) is 5.69 Å². The molecule has 2 aromatic heterocycles. The van der Waals surface area contributed by atoms with E-state index >= 15 is 0 Å². The zero-order chi connectivity index (χ0) is 13.9. The number of nitrogens with zero attached hydrogens (tertiary/aromatic N) is 3. The first-order valence-corrected chi connectivity index (χ1v) is 5.97. The second kappa shape index (κ2) is 4.93. The van der Waals surface area contributed by atoms with Gasteiger partial charge in [0.15, 0.2) is 5.82 Å². The molecule has 0 fully saturated rings. The van der Waals surface area contributed by atoms with Crippen LogP contribution in [0.2, 0.25) is 0 Å². The molecule has 0 aliphatic rings. The number of aromatic amines is 1. The van der Waals surface area contributed by atoms with Gasteiger partial charge >= 0.3 is 0 Å². The Balaban J connectivity index is 1.91. The molecule has 3 aromatic rings. The highest BCUT2D eigenvalue weighted by atomic mass is 16.1. The van der Waals surface area contributed by atoms with Crippen molar-refractivity contribution in [3.63, 3.8) is 0 Å². The highest BCUT2D eigenvalue weighted by Gasteiger charge is 2.08. The van der Waals surface area contributed by atoms with E-state index in [0.717, 1.165) is 11.1 Å². The zero-order valence-electron chi connectivity index (χ0n) is 10.4. The second-order valence-corrected chi connectivity index (χ2v) is 4.18. The van der Waals surface area contributed by atoms with Crippen molar-refractivity contribution >= 4 is 5.91 Å². The number of H-pyrrole nitrogens is 1. The second-order valence-electron chi connectivity index (χ2n) is 4.18. The Kier molecular flexibility index (Phi) is 2.96. The van der Waals surface area contributed by atoms with E-state index in [9.17, 15) is 4.79 Å². The predicted octanol–water partition coefficient (Wildman–Crippen LogP) is 1.63. The number of hydrogen-bond donors (Lipinski definition) is 2. The lowest BCUT2D eigenvalue weighted by atomic mass is 10.1. The van der Waals surface area contributed by atoms with E-state index in [1.165, 1.54) is 0 Å². The summed E-state index contributed by atoms with van der Waals surface area (Å²) in [7, 11) is 0. The molecular formula is C14H11N5O. The van der Waals surface area contributed by atoms with E-state index in [0.29, 0.717) is 11.5 Å². The predicted molar refractivity (Wildman–Crippen MR) is 73.6 cm³/mol. The molecule has 1 aromatic carbocycles. The van der Waals surface area contributed by atoms with Crippen molar-refractivity contribution in [3.05, 3.63) is 54.5 Å². The normalized spacial score (nSPS) is 10.4. The minimum atomic E-state index is -0.530. The summed E-state index contributed by atoms with van der Waals surface area (Å²) in [6.45, 7) is 0. The highest BCUT2D eigenvalue weighted by Crippen LogP contribution is 2.21. The van der Waals surface area contributed by atoms with Gasteiger partial charge in [0.25, 0.3) is 5.91 Å². The summed E-state index contributed by atoms with van der Waals surface area (Å²) < 4.78 is 0. The molecule has 98 valence electrons. The van der Waals surface area contributed by atoms with Gasteiger partial charge in [0, 0.05) is 23.5 Å². The Morgan fingerprint density at radius 1 is 1.05 bits per heavy atom. The van der Waals surface area contributed by atoms with Crippen LogP contribution < -0.4 is 5.73 Å². The minimum Gasteiger partial charge on any atom is -0.364 e. The van der Waals surface area contributed by atoms with E-state index in [1.807, 2.05) is 24.3 Å². The Bertz CT molecular complexity index is 734. The molecular weight excluding hydrogens is 254 g/mol. The van der Waals surface area contributed by atoms with Gasteiger partial charge in [-0.3, -0.25) is 9.89 Å². The molecule has 0 aliphatic carbocycles. The molecule has 0 aliphatic heterocycles. The summed E-state index contributed by atoms with van der Waals surface area (Å²) in [5.74, 6) is 0.136. The molecule has 0 bridgehead atoms. The molecule has 0 atom stereocenters.